The maximum Gasteiger partial charge on any atom is 0.144 e. The van der Waals surface area contributed by atoms with Gasteiger partial charge in [0.25, 0.3) is 0 Å². The van der Waals surface area contributed by atoms with Crippen molar-refractivity contribution in [3.05, 3.63) is 54.5 Å². The summed E-state index contributed by atoms with van der Waals surface area (Å²) >= 11 is 0. The van der Waals surface area contributed by atoms with Gasteiger partial charge in [-0.3, -0.25) is 0 Å². The highest BCUT2D eigenvalue weighted by atomic mass is 16.5. The third-order valence-corrected chi connectivity index (χ3v) is 4.07. The van der Waals surface area contributed by atoms with Gasteiger partial charge in [-0.25, -0.2) is 9.97 Å². The molecular formula is C23H28N4O2. The molecule has 3 rings (SSSR count). The standard InChI is InChI=1S/C21H22N4O2.C2H6/c1-4-6-15(9-14(3)5-2)25-21-17-10-18(22)20(11-19(17)23-13-24-21)27-16-7-8-26-12-16;1-2/h2,4,6,9-11,13,16H,3,7-8,12,22H2,1H3,(H,23,24,25);1-2H3/b6-4-,15-9+;. The molecule has 1 aromatic carbocycles. The number of rotatable bonds is 6. The number of hydrogen-bond donors (Lipinski definition) is 2. The third-order valence-electron chi connectivity index (χ3n) is 4.07. The van der Waals surface area contributed by atoms with Gasteiger partial charge in [-0.2, -0.15) is 0 Å². The van der Waals surface area contributed by atoms with E-state index in [0.29, 0.717) is 36.0 Å². The maximum absolute atomic E-state index is 6.21. The molecule has 1 aliphatic rings. The van der Waals surface area contributed by atoms with Crippen molar-refractivity contribution in [2.75, 3.05) is 24.3 Å². The van der Waals surface area contributed by atoms with Crippen molar-refractivity contribution in [1.82, 2.24) is 9.97 Å². The minimum absolute atomic E-state index is 0.0168. The highest BCUT2D eigenvalue weighted by Crippen LogP contribution is 2.32. The topological polar surface area (TPSA) is 82.3 Å². The number of benzene rings is 1. The Balaban J connectivity index is 0.00000145. The van der Waals surface area contributed by atoms with E-state index >= 15 is 0 Å². The number of allylic oxidation sites excluding steroid dienone is 4. The van der Waals surface area contributed by atoms with Gasteiger partial charge in [0.2, 0.25) is 0 Å². The largest absolute Gasteiger partial charge is 0.486 e. The number of hydrogen-bond acceptors (Lipinski definition) is 6. The third kappa shape index (κ3) is 5.84. The van der Waals surface area contributed by atoms with E-state index in [1.165, 1.54) is 6.33 Å². The molecule has 2 aromatic rings. The Morgan fingerprint density at radius 1 is 1.41 bits per heavy atom. The minimum Gasteiger partial charge on any atom is -0.486 e. The van der Waals surface area contributed by atoms with E-state index < -0.39 is 0 Å². The van der Waals surface area contributed by atoms with E-state index in [4.69, 9.17) is 21.6 Å². The van der Waals surface area contributed by atoms with Crippen LogP contribution in [-0.4, -0.2) is 29.3 Å². The van der Waals surface area contributed by atoms with Crippen LogP contribution in [0.25, 0.3) is 10.9 Å². The van der Waals surface area contributed by atoms with Gasteiger partial charge >= 0.3 is 0 Å². The average molecular weight is 393 g/mol. The molecule has 0 radical (unpaired) electrons. The van der Waals surface area contributed by atoms with Gasteiger partial charge in [-0.1, -0.05) is 32.4 Å². The summed E-state index contributed by atoms with van der Waals surface area (Å²) in [6.07, 6.45) is 13.3. The van der Waals surface area contributed by atoms with Gasteiger partial charge < -0.3 is 20.5 Å². The Morgan fingerprint density at radius 3 is 2.86 bits per heavy atom. The summed E-state index contributed by atoms with van der Waals surface area (Å²) < 4.78 is 11.3. The second-order valence-electron chi connectivity index (χ2n) is 6.13. The molecule has 0 saturated carbocycles. The summed E-state index contributed by atoms with van der Waals surface area (Å²) in [5, 5.41) is 4.04. The van der Waals surface area contributed by atoms with Crippen LogP contribution in [0.3, 0.4) is 0 Å². The molecule has 1 aliphatic heterocycles. The van der Waals surface area contributed by atoms with Crippen LogP contribution < -0.4 is 15.8 Å². The summed E-state index contributed by atoms with van der Waals surface area (Å²) in [5.74, 6) is 3.73. The van der Waals surface area contributed by atoms with E-state index in [9.17, 15) is 0 Å². The Morgan fingerprint density at radius 2 is 2.21 bits per heavy atom. The van der Waals surface area contributed by atoms with Crippen LogP contribution in [0, 0.1) is 12.3 Å². The van der Waals surface area contributed by atoms with Crippen molar-refractivity contribution < 1.29 is 9.47 Å². The van der Waals surface area contributed by atoms with Crippen LogP contribution in [-0.2, 0) is 4.74 Å². The van der Waals surface area contributed by atoms with Crippen LogP contribution in [0.2, 0.25) is 0 Å². The normalized spacial score (nSPS) is 16.2. The summed E-state index contributed by atoms with van der Waals surface area (Å²) in [6.45, 7) is 11.0. The number of nitrogens with one attached hydrogen (secondary N) is 1. The van der Waals surface area contributed by atoms with Crippen molar-refractivity contribution >= 4 is 22.4 Å². The average Bonchev–Trinajstić information content (AvgIpc) is 3.24. The molecule has 0 spiro atoms. The monoisotopic (exact) mass is 392 g/mol. The van der Waals surface area contributed by atoms with Crippen LogP contribution in [0.15, 0.2) is 54.5 Å². The first kappa shape index (κ1) is 22.0. The molecule has 152 valence electrons. The van der Waals surface area contributed by atoms with Crippen molar-refractivity contribution in [1.29, 1.82) is 0 Å². The lowest BCUT2D eigenvalue weighted by Gasteiger charge is -2.15. The summed E-state index contributed by atoms with van der Waals surface area (Å²) in [4.78, 5) is 8.68. The SMILES string of the molecule is C#CC(=C)/C=C(\C=C/C)Nc1ncnc2cc(OC3CCOC3)c(N)cc12.CC. The summed E-state index contributed by atoms with van der Waals surface area (Å²) in [5.41, 5.74) is 8.78. The number of nitrogen functional groups attached to an aromatic ring is 1. The van der Waals surface area contributed by atoms with Crippen LogP contribution in [0.1, 0.15) is 27.2 Å². The van der Waals surface area contributed by atoms with E-state index in [0.717, 1.165) is 23.0 Å². The van der Waals surface area contributed by atoms with Crippen LogP contribution >= 0.6 is 0 Å². The molecule has 0 bridgehead atoms. The van der Waals surface area contributed by atoms with Crippen molar-refractivity contribution in [3.63, 3.8) is 0 Å². The number of nitrogens with two attached hydrogens (primary N) is 1. The molecule has 1 fully saturated rings. The molecule has 1 unspecified atom stereocenters. The summed E-state index contributed by atoms with van der Waals surface area (Å²) in [7, 11) is 0. The lowest BCUT2D eigenvalue weighted by molar-refractivity contribution is 0.142. The van der Waals surface area contributed by atoms with Gasteiger partial charge in [0, 0.05) is 29.1 Å². The first-order valence-electron chi connectivity index (χ1n) is 9.66. The number of terminal acetylenes is 1. The maximum atomic E-state index is 6.21. The molecule has 1 saturated heterocycles. The lowest BCUT2D eigenvalue weighted by Crippen LogP contribution is -2.16. The quantitative estimate of drug-likeness (QED) is 0.429. The first-order chi connectivity index (χ1) is 14.1. The van der Waals surface area contributed by atoms with Crippen molar-refractivity contribution in [2.24, 2.45) is 0 Å². The predicted octanol–water partition coefficient (Wildman–Crippen LogP) is 4.47. The fraction of sp³-hybridized carbons (Fsp3) is 0.304. The Bertz CT molecular complexity index is 951. The molecule has 0 aliphatic carbocycles. The molecule has 3 N–H and O–H groups in total. The van der Waals surface area contributed by atoms with E-state index in [1.54, 1.807) is 6.08 Å². The predicted molar refractivity (Wildman–Crippen MR) is 120 cm³/mol. The van der Waals surface area contributed by atoms with Gasteiger partial charge in [-0.15, -0.1) is 6.42 Å². The number of aromatic nitrogens is 2. The molecule has 2 heterocycles. The highest BCUT2D eigenvalue weighted by Gasteiger charge is 2.19. The van der Waals surface area contributed by atoms with Gasteiger partial charge in [-0.05, 0) is 25.1 Å². The Kier molecular flexibility index (Phi) is 8.26. The van der Waals surface area contributed by atoms with Crippen molar-refractivity contribution in [3.8, 4) is 18.1 Å². The zero-order valence-electron chi connectivity index (χ0n) is 17.2. The summed E-state index contributed by atoms with van der Waals surface area (Å²) in [6, 6.07) is 3.64. The number of anilines is 2. The molecule has 1 aromatic heterocycles. The van der Waals surface area contributed by atoms with Gasteiger partial charge in [0.05, 0.1) is 24.4 Å². The Hall–Kier alpha value is -3.30. The Labute approximate surface area is 172 Å². The molecule has 6 nitrogen and oxygen atoms in total. The van der Waals surface area contributed by atoms with Gasteiger partial charge in [0.1, 0.15) is 24.0 Å². The molecule has 0 amide bonds. The molecule has 1 atom stereocenters. The molecule has 29 heavy (non-hydrogen) atoms. The lowest BCUT2D eigenvalue weighted by atomic mass is 10.1. The fourth-order valence-corrected chi connectivity index (χ4v) is 2.76. The number of fused-ring (bicyclic) bond motifs is 1. The molecule has 6 heteroatoms. The number of ether oxygens (including phenoxy) is 2. The van der Waals surface area contributed by atoms with Gasteiger partial charge in [0.15, 0.2) is 0 Å². The highest BCUT2D eigenvalue weighted by molar-refractivity contribution is 5.93. The number of nitrogens with zero attached hydrogens (tertiary/aromatic N) is 2. The fourth-order valence-electron chi connectivity index (χ4n) is 2.76. The van der Waals surface area contributed by atoms with Crippen molar-refractivity contribution in [2.45, 2.75) is 33.3 Å². The van der Waals surface area contributed by atoms with E-state index in [2.05, 4.69) is 27.8 Å². The molecular weight excluding hydrogens is 364 g/mol. The second kappa shape index (κ2) is 10.9. The van der Waals surface area contributed by atoms with E-state index in [-0.39, 0.29) is 6.10 Å². The van der Waals surface area contributed by atoms with Crippen LogP contribution in [0.4, 0.5) is 11.5 Å². The van der Waals surface area contributed by atoms with E-state index in [1.807, 2.05) is 45.1 Å². The first-order valence-corrected chi connectivity index (χ1v) is 9.66. The zero-order chi connectivity index (χ0) is 21.2. The minimum atomic E-state index is 0.0168. The van der Waals surface area contributed by atoms with Crippen LogP contribution in [0.5, 0.6) is 5.75 Å². The smallest absolute Gasteiger partial charge is 0.144 e. The second-order valence-corrected chi connectivity index (χ2v) is 6.13. The zero-order valence-corrected chi connectivity index (χ0v) is 17.2.